The first kappa shape index (κ1) is 55.3. The van der Waals surface area contributed by atoms with E-state index in [1.807, 2.05) is 91.0 Å². The van der Waals surface area contributed by atoms with Crippen LogP contribution in [-0.2, 0) is 95.8 Å². The van der Waals surface area contributed by atoms with Crippen molar-refractivity contribution in [3.8, 4) is 0 Å². The van der Waals surface area contributed by atoms with Crippen LogP contribution in [0.5, 0.6) is 0 Å². The fourth-order valence-corrected chi connectivity index (χ4v) is 11.1. The summed E-state index contributed by atoms with van der Waals surface area (Å²) in [5.41, 5.74) is 2.70. The molecule has 0 unspecified atom stereocenters. The highest BCUT2D eigenvalue weighted by Crippen LogP contribution is 2.44. The molecule has 1 spiro atoms. The molecule has 78 heavy (non-hydrogen) atoms. The van der Waals surface area contributed by atoms with E-state index < -0.39 is 128 Å². The second kappa shape index (κ2) is 25.0. The zero-order valence-corrected chi connectivity index (χ0v) is 43.6. The van der Waals surface area contributed by atoms with E-state index in [0.717, 1.165) is 61.6 Å². The van der Waals surface area contributed by atoms with Gasteiger partial charge in [0.2, 0.25) is 0 Å². The van der Waals surface area contributed by atoms with Crippen molar-refractivity contribution < 1.29 is 90.7 Å². The number of carbonyl (C=O) groups is 5. The van der Waals surface area contributed by atoms with E-state index in [0.29, 0.717) is 12.8 Å². The van der Waals surface area contributed by atoms with E-state index in [2.05, 4.69) is 0 Å². The van der Waals surface area contributed by atoms with Crippen LogP contribution in [0.25, 0.3) is 0 Å². The normalized spacial score (nSPS) is 31.5. The molecule has 5 aliphatic heterocycles. The largest absolute Gasteiger partial charge is 0.456 e. The van der Waals surface area contributed by atoms with Crippen LogP contribution in [0.15, 0.2) is 115 Å². The number of ether oxygens (including phenoxy) is 13. The molecule has 10 rings (SSSR count). The summed E-state index contributed by atoms with van der Waals surface area (Å²) in [6, 6.07) is 33.2. The maximum absolute atomic E-state index is 14.8. The summed E-state index contributed by atoms with van der Waals surface area (Å²) in [6.45, 7) is 2.93. The molecule has 4 aromatic carbocycles. The van der Waals surface area contributed by atoms with Gasteiger partial charge < -0.3 is 66.7 Å². The van der Waals surface area contributed by atoms with Crippen molar-refractivity contribution in [3.05, 3.63) is 143 Å². The Morgan fingerprint density at radius 1 is 0.590 bits per heavy atom. The number of nitrogens with zero attached hydrogens (tertiary/aromatic N) is 1. The predicted octanol–water partition coefficient (Wildman–Crippen LogP) is 5.48. The lowest BCUT2D eigenvalue weighted by atomic mass is 9.90. The van der Waals surface area contributed by atoms with Crippen LogP contribution >= 0.6 is 0 Å². The smallest absolute Gasteiger partial charge is 0.303 e. The van der Waals surface area contributed by atoms with Crippen LogP contribution in [0, 0.1) is 0 Å². The third kappa shape index (κ3) is 12.5. The van der Waals surface area contributed by atoms with Crippen molar-refractivity contribution in [2.75, 3.05) is 19.8 Å². The number of aliphatic hydroxyl groups excluding tert-OH is 1. The van der Waals surface area contributed by atoms with Crippen LogP contribution in [0.1, 0.15) is 90.3 Å². The quantitative estimate of drug-likeness (QED) is 0.0739. The Morgan fingerprint density at radius 2 is 1.14 bits per heavy atom. The number of benzene rings is 4. The molecule has 4 aromatic rings. The molecule has 20 nitrogen and oxygen atoms in total. The number of amides is 2. The van der Waals surface area contributed by atoms with Crippen LogP contribution in [0.3, 0.4) is 0 Å². The third-order valence-corrected chi connectivity index (χ3v) is 14.7. The van der Waals surface area contributed by atoms with Gasteiger partial charge in [-0.2, -0.15) is 0 Å². The number of imide groups is 1. The lowest BCUT2D eigenvalue weighted by Crippen LogP contribution is -2.71. The Labute approximate surface area is 451 Å². The average molecular weight is 1080 g/mol. The van der Waals surface area contributed by atoms with E-state index in [1.165, 1.54) is 0 Å². The number of esters is 3. The monoisotopic (exact) mass is 1080 g/mol. The zero-order valence-electron chi connectivity index (χ0n) is 43.6. The van der Waals surface area contributed by atoms with Gasteiger partial charge in [-0.3, -0.25) is 28.9 Å². The molecule has 5 heterocycles. The van der Waals surface area contributed by atoms with Crippen molar-refractivity contribution in [1.29, 1.82) is 0 Å². The predicted molar refractivity (Wildman–Crippen MR) is 269 cm³/mol. The molecule has 5 fully saturated rings. The number of aliphatic hydroxyl groups is 1. The van der Waals surface area contributed by atoms with Crippen LogP contribution in [-0.4, -0.2) is 151 Å². The molecule has 2 amide bonds. The number of carbonyl (C=O) groups excluding carboxylic acids is 5. The lowest BCUT2D eigenvalue weighted by molar-refractivity contribution is -0.422. The summed E-state index contributed by atoms with van der Waals surface area (Å²) in [7, 11) is 0. The van der Waals surface area contributed by atoms with Gasteiger partial charge in [0, 0.05) is 33.6 Å². The van der Waals surface area contributed by atoms with Crippen molar-refractivity contribution in [3.63, 3.8) is 0 Å². The molecule has 20 heteroatoms. The Kier molecular flexibility index (Phi) is 17.7. The summed E-state index contributed by atoms with van der Waals surface area (Å²) in [6.07, 6.45) is -14.1. The van der Waals surface area contributed by atoms with E-state index in [-0.39, 0.29) is 44.2 Å². The minimum atomic E-state index is -1.63. The second-order valence-corrected chi connectivity index (χ2v) is 20.2. The van der Waals surface area contributed by atoms with Crippen molar-refractivity contribution in [2.24, 2.45) is 0 Å². The van der Waals surface area contributed by atoms with Crippen LogP contribution in [0.2, 0.25) is 0 Å². The van der Waals surface area contributed by atoms with Crippen LogP contribution in [0.4, 0.5) is 0 Å². The Bertz CT molecular complexity index is 2660. The van der Waals surface area contributed by atoms with E-state index in [9.17, 15) is 29.1 Å². The van der Waals surface area contributed by atoms with Gasteiger partial charge >= 0.3 is 17.9 Å². The summed E-state index contributed by atoms with van der Waals surface area (Å²) < 4.78 is 84.1. The second-order valence-electron chi connectivity index (χ2n) is 20.2. The SMILES string of the molecule is CC(=O)O[C@@H]1[C@@H](OC(C)=O)[C@H](O[C@@H]2[C@H](O[C@H]3[C@H](OCc4ccccc4)[C@@H](N4C(=O)c5ccccc5C4=O)[C@H](OCc4ccccc4)O[C@@H]3COCc3ccccc3)O[C@@H]3COC4(CCCCC4)O[C@H]3[C@@H]2O)OC[C@H]1OC(C)=O. The zero-order chi connectivity index (χ0) is 54.3. The minimum absolute atomic E-state index is 0.00433. The average Bonchev–Trinajstić information content (AvgIpc) is 3.93. The molecule has 1 N–H and O–H groups in total. The van der Waals surface area contributed by atoms with Gasteiger partial charge in [-0.1, -0.05) is 110 Å². The van der Waals surface area contributed by atoms with Crippen molar-refractivity contribution in [2.45, 2.75) is 164 Å². The van der Waals surface area contributed by atoms with Gasteiger partial charge in [0.1, 0.15) is 48.8 Å². The summed E-state index contributed by atoms with van der Waals surface area (Å²) in [5.74, 6) is -4.59. The van der Waals surface area contributed by atoms with Gasteiger partial charge in [-0.15, -0.1) is 0 Å². The van der Waals surface area contributed by atoms with Crippen LogP contribution < -0.4 is 0 Å². The highest BCUT2D eigenvalue weighted by Gasteiger charge is 2.60. The first-order chi connectivity index (χ1) is 37.8. The van der Waals surface area contributed by atoms with Gasteiger partial charge in [-0.25, -0.2) is 0 Å². The molecule has 416 valence electrons. The van der Waals surface area contributed by atoms with Gasteiger partial charge in [0.15, 0.2) is 43.0 Å². The van der Waals surface area contributed by atoms with Crippen molar-refractivity contribution in [1.82, 2.24) is 4.90 Å². The Balaban J connectivity index is 1.07. The number of rotatable bonds is 18. The molecular weight excluding hydrogens is 1010 g/mol. The lowest BCUT2D eigenvalue weighted by Gasteiger charge is -2.54. The molecular formula is C58H65NO19. The summed E-state index contributed by atoms with van der Waals surface area (Å²) in [5, 5.41) is 12.8. The molecule has 0 radical (unpaired) electrons. The van der Waals surface area contributed by atoms with Gasteiger partial charge in [0.25, 0.3) is 11.8 Å². The maximum Gasteiger partial charge on any atom is 0.303 e. The standard InChI is InChI=1S/C58H65NO19/c1-34(60)71-43-32-69-56(52(73-36(3)62)49(43)72-35(2)61)77-51-46(63)47-44(33-70-58(78-47)26-16-7-17-27-58)75-57(51)76-48-42(31-66-28-37-18-8-4-9-19-37)74-55(68-30-39-22-12-6-13-23-39)45(50(48)67-29-38-20-10-5-11-21-38)59-53(64)40-24-14-15-25-41(40)54(59)65/h4-6,8-15,18-25,42-52,55-57,63H,7,16-17,26-33H2,1-3H3/t42-,43-,44-,45-,46+,47-,48-,49+,50-,51+,52-,55-,56+,57+/m1/s1. The molecule has 1 saturated carbocycles. The van der Waals surface area contributed by atoms with Gasteiger partial charge in [0.05, 0.1) is 50.8 Å². The minimum Gasteiger partial charge on any atom is -0.456 e. The van der Waals surface area contributed by atoms with E-state index >= 15 is 0 Å². The number of hydrogen-bond donors (Lipinski definition) is 1. The van der Waals surface area contributed by atoms with E-state index in [1.54, 1.807) is 24.3 Å². The number of fused-ring (bicyclic) bond motifs is 2. The summed E-state index contributed by atoms with van der Waals surface area (Å²) in [4.78, 5) is 68.5. The first-order valence-electron chi connectivity index (χ1n) is 26.5. The molecule has 0 aromatic heterocycles. The fourth-order valence-electron chi connectivity index (χ4n) is 11.1. The van der Waals surface area contributed by atoms with Crippen molar-refractivity contribution >= 4 is 29.7 Å². The molecule has 4 saturated heterocycles. The Hall–Kier alpha value is -6.01. The fraction of sp³-hybridized carbons (Fsp3) is 0.500. The van der Waals surface area contributed by atoms with E-state index in [4.69, 9.17) is 61.6 Å². The topological polar surface area (TPSA) is 229 Å². The molecule has 1 aliphatic carbocycles. The maximum atomic E-state index is 14.8. The molecule has 14 atom stereocenters. The first-order valence-corrected chi connectivity index (χ1v) is 26.5. The number of hydrogen-bond acceptors (Lipinski definition) is 19. The Morgan fingerprint density at radius 3 is 1.74 bits per heavy atom. The highest BCUT2D eigenvalue weighted by molar-refractivity contribution is 6.21. The third-order valence-electron chi connectivity index (χ3n) is 14.7. The molecule has 6 aliphatic rings. The molecule has 0 bridgehead atoms. The highest BCUT2D eigenvalue weighted by atomic mass is 16.8. The van der Waals surface area contributed by atoms with Gasteiger partial charge in [-0.05, 0) is 41.7 Å². The summed E-state index contributed by atoms with van der Waals surface area (Å²) >= 11 is 0.